The molecule has 1 aliphatic carbocycles. The van der Waals surface area contributed by atoms with Gasteiger partial charge in [-0.25, -0.2) is 0 Å². The van der Waals surface area contributed by atoms with E-state index in [1.54, 1.807) is 0 Å². The molecule has 0 spiro atoms. The van der Waals surface area contributed by atoms with Crippen LogP contribution in [0.25, 0.3) is 0 Å². The van der Waals surface area contributed by atoms with Gasteiger partial charge in [0.25, 0.3) is 0 Å². The standard InChI is InChI=1S/C19H24N2O3/c22-18-10-15-6-5-14(8-17(15)20-18)9-19(23)21-7-1-2-16(11-21)24-12-13-3-4-13/h5-6,8,13,16H,1-4,7,9-12H2,(H,20,22). The van der Waals surface area contributed by atoms with Gasteiger partial charge in [0.05, 0.1) is 18.9 Å². The lowest BCUT2D eigenvalue weighted by atomic mass is 10.0. The third-order valence-electron chi connectivity index (χ3n) is 5.15. The predicted octanol–water partition coefficient (Wildman–Crippen LogP) is 2.14. The minimum Gasteiger partial charge on any atom is -0.376 e. The van der Waals surface area contributed by atoms with Crippen LogP contribution in [0.3, 0.4) is 0 Å². The molecule has 0 bridgehead atoms. The van der Waals surface area contributed by atoms with Gasteiger partial charge in [0.2, 0.25) is 11.8 Å². The number of fused-ring (bicyclic) bond motifs is 1. The summed E-state index contributed by atoms with van der Waals surface area (Å²) in [6.45, 7) is 2.40. The lowest BCUT2D eigenvalue weighted by molar-refractivity contribution is -0.134. The van der Waals surface area contributed by atoms with Crippen molar-refractivity contribution in [2.24, 2.45) is 5.92 Å². The topological polar surface area (TPSA) is 58.6 Å². The van der Waals surface area contributed by atoms with Gasteiger partial charge in [-0.3, -0.25) is 9.59 Å². The van der Waals surface area contributed by atoms with E-state index in [2.05, 4.69) is 5.32 Å². The molecule has 4 rings (SSSR count). The van der Waals surface area contributed by atoms with Gasteiger partial charge in [-0.15, -0.1) is 0 Å². The maximum atomic E-state index is 12.6. The van der Waals surface area contributed by atoms with Crippen molar-refractivity contribution < 1.29 is 14.3 Å². The summed E-state index contributed by atoms with van der Waals surface area (Å²) < 4.78 is 5.97. The number of hydrogen-bond donors (Lipinski definition) is 1. The van der Waals surface area contributed by atoms with Gasteiger partial charge in [-0.1, -0.05) is 12.1 Å². The highest BCUT2D eigenvalue weighted by Gasteiger charge is 2.27. The molecule has 1 aromatic carbocycles. The van der Waals surface area contributed by atoms with Gasteiger partial charge >= 0.3 is 0 Å². The Balaban J connectivity index is 1.33. The lowest BCUT2D eigenvalue weighted by Gasteiger charge is -2.33. The molecule has 1 aromatic rings. The number of benzene rings is 1. The summed E-state index contributed by atoms with van der Waals surface area (Å²) in [6.07, 6.45) is 5.69. The number of nitrogens with one attached hydrogen (secondary N) is 1. The van der Waals surface area contributed by atoms with Gasteiger partial charge in [-0.05, 0) is 48.8 Å². The summed E-state index contributed by atoms with van der Waals surface area (Å²) in [5.41, 5.74) is 2.83. The van der Waals surface area contributed by atoms with Crippen LogP contribution in [-0.4, -0.2) is 42.5 Å². The van der Waals surface area contributed by atoms with E-state index in [9.17, 15) is 9.59 Å². The number of amides is 2. The lowest BCUT2D eigenvalue weighted by Crippen LogP contribution is -2.44. The van der Waals surface area contributed by atoms with Crippen LogP contribution in [0.4, 0.5) is 5.69 Å². The van der Waals surface area contributed by atoms with Gasteiger partial charge in [-0.2, -0.15) is 0 Å². The Morgan fingerprint density at radius 3 is 3.00 bits per heavy atom. The van der Waals surface area contributed by atoms with Gasteiger partial charge in [0.1, 0.15) is 0 Å². The van der Waals surface area contributed by atoms with E-state index in [0.29, 0.717) is 19.4 Å². The third-order valence-corrected chi connectivity index (χ3v) is 5.15. The van der Waals surface area contributed by atoms with Crippen molar-refractivity contribution in [3.8, 4) is 0 Å². The Labute approximate surface area is 142 Å². The molecule has 1 unspecified atom stereocenters. The van der Waals surface area contributed by atoms with E-state index in [-0.39, 0.29) is 17.9 Å². The Bertz CT molecular complexity index is 654. The molecule has 1 atom stereocenters. The summed E-state index contributed by atoms with van der Waals surface area (Å²) in [4.78, 5) is 26.0. The maximum absolute atomic E-state index is 12.6. The van der Waals surface area contributed by atoms with E-state index in [0.717, 1.165) is 48.7 Å². The van der Waals surface area contributed by atoms with Gasteiger partial charge < -0.3 is 15.0 Å². The zero-order valence-corrected chi connectivity index (χ0v) is 13.9. The first-order valence-corrected chi connectivity index (χ1v) is 8.98. The second-order valence-corrected chi connectivity index (χ2v) is 7.27. The smallest absolute Gasteiger partial charge is 0.228 e. The number of nitrogens with zero attached hydrogens (tertiary/aromatic N) is 1. The van der Waals surface area contributed by atoms with Gasteiger partial charge in [0.15, 0.2) is 0 Å². The van der Waals surface area contributed by atoms with E-state index in [1.807, 2.05) is 23.1 Å². The summed E-state index contributed by atoms with van der Waals surface area (Å²) >= 11 is 0. The van der Waals surface area contributed by atoms with Crippen LogP contribution < -0.4 is 5.32 Å². The Morgan fingerprint density at radius 1 is 1.29 bits per heavy atom. The van der Waals surface area contributed by atoms with Crippen LogP contribution in [0, 0.1) is 5.92 Å². The first-order valence-electron chi connectivity index (χ1n) is 8.98. The summed E-state index contributed by atoms with van der Waals surface area (Å²) in [5.74, 6) is 0.942. The molecule has 0 aromatic heterocycles. The molecule has 2 fully saturated rings. The number of likely N-dealkylation sites (tertiary alicyclic amines) is 1. The minimum atomic E-state index is 0.0279. The number of rotatable bonds is 5. The average Bonchev–Trinajstić information content (AvgIpc) is 3.33. The molecule has 3 aliphatic rings. The normalized spacial score (nSPS) is 23.1. The summed E-state index contributed by atoms with van der Waals surface area (Å²) in [7, 11) is 0. The van der Waals surface area contributed by atoms with Crippen LogP contribution in [0.15, 0.2) is 18.2 Å². The fraction of sp³-hybridized carbons (Fsp3) is 0.579. The molecule has 24 heavy (non-hydrogen) atoms. The van der Waals surface area contributed by atoms with Crippen LogP contribution in [0.2, 0.25) is 0 Å². The van der Waals surface area contributed by atoms with Crippen LogP contribution >= 0.6 is 0 Å². The molecule has 1 saturated carbocycles. The van der Waals surface area contributed by atoms with Crippen molar-refractivity contribution in [1.29, 1.82) is 0 Å². The molecule has 5 heteroatoms. The predicted molar refractivity (Wildman–Crippen MR) is 90.8 cm³/mol. The van der Waals surface area contributed by atoms with E-state index < -0.39 is 0 Å². The zero-order chi connectivity index (χ0) is 16.5. The monoisotopic (exact) mass is 328 g/mol. The molecule has 128 valence electrons. The van der Waals surface area contributed by atoms with Crippen molar-refractivity contribution in [3.05, 3.63) is 29.3 Å². The molecule has 1 saturated heterocycles. The highest BCUT2D eigenvalue weighted by atomic mass is 16.5. The number of carbonyl (C=O) groups is 2. The second kappa shape index (κ2) is 6.55. The average molecular weight is 328 g/mol. The van der Waals surface area contributed by atoms with Crippen LogP contribution in [0.5, 0.6) is 0 Å². The quantitative estimate of drug-likeness (QED) is 0.901. The highest BCUT2D eigenvalue weighted by Crippen LogP contribution is 2.30. The molecule has 2 heterocycles. The van der Waals surface area contributed by atoms with Crippen molar-refractivity contribution >= 4 is 17.5 Å². The van der Waals surface area contributed by atoms with Crippen molar-refractivity contribution in [2.45, 2.75) is 44.6 Å². The van der Waals surface area contributed by atoms with Crippen LogP contribution in [0.1, 0.15) is 36.8 Å². The van der Waals surface area contributed by atoms with Crippen molar-refractivity contribution in [1.82, 2.24) is 4.90 Å². The van der Waals surface area contributed by atoms with E-state index >= 15 is 0 Å². The number of piperidine rings is 1. The van der Waals surface area contributed by atoms with Crippen molar-refractivity contribution in [3.63, 3.8) is 0 Å². The number of hydrogen-bond acceptors (Lipinski definition) is 3. The Kier molecular flexibility index (Phi) is 4.27. The molecule has 1 N–H and O–H groups in total. The van der Waals surface area contributed by atoms with Gasteiger partial charge in [0, 0.05) is 25.4 Å². The van der Waals surface area contributed by atoms with Crippen LogP contribution in [-0.2, 0) is 27.2 Å². The fourth-order valence-corrected chi connectivity index (χ4v) is 3.52. The summed E-state index contributed by atoms with van der Waals surface area (Å²) in [5, 5.41) is 2.85. The number of ether oxygens (including phenoxy) is 1. The fourth-order valence-electron chi connectivity index (χ4n) is 3.52. The molecule has 2 amide bonds. The summed E-state index contributed by atoms with van der Waals surface area (Å²) in [6, 6.07) is 5.85. The molecule has 5 nitrogen and oxygen atoms in total. The Hall–Kier alpha value is -1.88. The molecule has 0 radical (unpaired) electrons. The highest BCUT2D eigenvalue weighted by molar-refractivity contribution is 5.99. The minimum absolute atomic E-state index is 0.0279. The Morgan fingerprint density at radius 2 is 2.17 bits per heavy atom. The zero-order valence-electron chi connectivity index (χ0n) is 13.9. The van der Waals surface area contributed by atoms with E-state index in [1.165, 1.54) is 12.8 Å². The number of anilines is 1. The second-order valence-electron chi connectivity index (χ2n) is 7.27. The molecule has 2 aliphatic heterocycles. The first kappa shape index (κ1) is 15.6. The SMILES string of the molecule is O=C1Cc2ccc(CC(=O)N3CCCC(OCC4CC4)C3)cc2N1. The molecular weight excluding hydrogens is 304 g/mol. The van der Waals surface area contributed by atoms with E-state index in [4.69, 9.17) is 4.74 Å². The first-order chi connectivity index (χ1) is 11.7. The third kappa shape index (κ3) is 3.61. The number of carbonyl (C=O) groups excluding carboxylic acids is 2. The van der Waals surface area contributed by atoms with Crippen molar-refractivity contribution in [2.75, 3.05) is 25.0 Å². The maximum Gasteiger partial charge on any atom is 0.228 e. The largest absolute Gasteiger partial charge is 0.376 e. The molecular formula is C19H24N2O3.